The van der Waals surface area contributed by atoms with Gasteiger partial charge in [-0.15, -0.1) is 0 Å². The van der Waals surface area contributed by atoms with E-state index in [-0.39, 0.29) is 0 Å². The van der Waals surface area contributed by atoms with Gasteiger partial charge in [0, 0.05) is 26.9 Å². The molecule has 0 bridgehead atoms. The molecule has 0 radical (unpaired) electrons. The van der Waals surface area contributed by atoms with Crippen LogP contribution in [0.15, 0.2) is 29.5 Å². The smallest absolute Gasteiger partial charge is 0.191 e. The molecule has 0 fully saturated rings. The number of methoxy groups -OCH3 is 1. The van der Waals surface area contributed by atoms with Crippen LogP contribution in [0.2, 0.25) is 0 Å². The Bertz CT molecular complexity index is 343. The molecule has 0 saturated heterocycles. The summed E-state index contributed by atoms with van der Waals surface area (Å²) < 4.78 is 10.4. The predicted molar refractivity (Wildman–Crippen MR) is 71.0 cm³/mol. The molecule has 1 aromatic heterocycles. The molecule has 0 aromatic carbocycles. The number of ether oxygens (including phenoxy) is 2. The first-order valence-electron chi connectivity index (χ1n) is 5.83. The number of hydrogen-bond acceptors (Lipinski definition) is 4. The van der Waals surface area contributed by atoms with E-state index in [0.29, 0.717) is 19.8 Å². The van der Waals surface area contributed by atoms with Gasteiger partial charge in [-0.1, -0.05) is 0 Å². The lowest BCUT2D eigenvalue weighted by Gasteiger charge is -2.11. The summed E-state index contributed by atoms with van der Waals surface area (Å²) in [6.07, 6.45) is 3.40. The Balaban J connectivity index is 2.12. The monoisotopic (exact) mass is 252 g/mol. The molecule has 0 amide bonds. The van der Waals surface area contributed by atoms with Crippen LogP contribution in [0.4, 0.5) is 0 Å². The highest BCUT2D eigenvalue weighted by Crippen LogP contribution is 2.04. The molecular formula is C12H20N4O2. The zero-order valence-corrected chi connectivity index (χ0v) is 10.8. The minimum atomic E-state index is 0.552. The molecule has 0 atom stereocenters. The molecular weight excluding hydrogens is 232 g/mol. The number of aliphatic imine (C=N–C) groups is 1. The first-order valence-corrected chi connectivity index (χ1v) is 5.83. The van der Waals surface area contributed by atoms with Crippen molar-refractivity contribution in [3.8, 4) is 5.75 Å². The standard InChI is InChI=1S/C12H20N4O2/c1-13-12(15-6-8-17-2)16-7-9-18-11-4-3-5-14-10-11/h3-5,10H,6-9H2,1-2H3,(H2,13,15,16). The summed E-state index contributed by atoms with van der Waals surface area (Å²) in [5.41, 5.74) is 0. The van der Waals surface area contributed by atoms with Crippen LogP contribution in [0.3, 0.4) is 0 Å². The second kappa shape index (κ2) is 9.23. The summed E-state index contributed by atoms with van der Waals surface area (Å²) in [5, 5.41) is 6.25. The van der Waals surface area contributed by atoms with Gasteiger partial charge in [-0.05, 0) is 12.1 Å². The van der Waals surface area contributed by atoms with Crippen molar-refractivity contribution in [1.29, 1.82) is 0 Å². The van der Waals surface area contributed by atoms with Gasteiger partial charge in [-0.25, -0.2) is 0 Å². The molecule has 0 unspecified atom stereocenters. The summed E-state index contributed by atoms with van der Waals surface area (Å²) >= 11 is 0. The van der Waals surface area contributed by atoms with E-state index in [4.69, 9.17) is 9.47 Å². The third-order valence-electron chi connectivity index (χ3n) is 2.12. The van der Waals surface area contributed by atoms with Gasteiger partial charge in [0.05, 0.1) is 19.3 Å². The molecule has 18 heavy (non-hydrogen) atoms. The normalized spacial score (nSPS) is 11.1. The summed E-state index contributed by atoms with van der Waals surface area (Å²) in [6.45, 7) is 2.59. The number of nitrogens with zero attached hydrogens (tertiary/aromatic N) is 2. The second-order valence-corrected chi connectivity index (χ2v) is 3.46. The van der Waals surface area contributed by atoms with Crippen LogP contribution >= 0.6 is 0 Å². The highest BCUT2D eigenvalue weighted by molar-refractivity contribution is 5.79. The fourth-order valence-electron chi connectivity index (χ4n) is 1.26. The van der Waals surface area contributed by atoms with Crippen LogP contribution < -0.4 is 15.4 Å². The molecule has 0 aliphatic rings. The predicted octanol–water partition coefficient (Wildman–Crippen LogP) is 0.272. The van der Waals surface area contributed by atoms with Crippen molar-refractivity contribution in [3.05, 3.63) is 24.5 Å². The van der Waals surface area contributed by atoms with Crippen molar-refractivity contribution in [3.63, 3.8) is 0 Å². The summed E-state index contributed by atoms with van der Waals surface area (Å²) in [7, 11) is 3.39. The van der Waals surface area contributed by atoms with E-state index in [1.54, 1.807) is 26.6 Å². The summed E-state index contributed by atoms with van der Waals surface area (Å²) in [6, 6.07) is 3.71. The molecule has 0 aliphatic carbocycles. The third-order valence-corrected chi connectivity index (χ3v) is 2.12. The van der Waals surface area contributed by atoms with Crippen molar-refractivity contribution in [2.75, 3.05) is 40.5 Å². The number of hydrogen-bond donors (Lipinski definition) is 2. The van der Waals surface area contributed by atoms with Crippen LogP contribution in [-0.4, -0.2) is 51.4 Å². The lowest BCUT2D eigenvalue weighted by atomic mass is 10.5. The Morgan fingerprint density at radius 1 is 1.33 bits per heavy atom. The van der Waals surface area contributed by atoms with Crippen LogP contribution in [0.5, 0.6) is 5.75 Å². The molecule has 6 heteroatoms. The number of guanidine groups is 1. The summed E-state index contributed by atoms with van der Waals surface area (Å²) in [4.78, 5) is 8.04. The van der Waals surface area contributed by atoms with E-state index in [1.807, 2.05) is 12.1 Å². The van der Waals surface area contributed by atoms with Gasteiger partial charge < -0.3 is 20.1 Å². The lowest BCUT2D eigenvalue weighted by Crippen LogP contribution is -2.40. The van der Waals surface area contributed by atoms with E-state index in [2.05, 4.69) is 20.6 Å². The minimum Gasteiger partial charge on any atom is -0.490 e. The zero-order chi connectivity index (χ0) is 13.1. The van der Waals surface area contributed by atoms with Gasteiger partial charge in [0.15, 0.2) is 5.96 Å². The average Bonchev–Trinajstić information content (AvgIpc) is 2.43. The van der Waals surface area contributed by atoms with Crippen molar-refractivity contribution >= 4 is 5.96 Å². The molecule has 0 saturated carbocycles. The average molecular weight is 252 g/mol. The molecule has 1 rings (SSSR count). The minimum absolute atomic E-state index is 0.552. The topological polar surface area (TPSA) is 67.8 Å². The SMILES string of the molecule is CN=C(NCCOC)NCCOc1cccnc1. The lowest BCUT2D eigenvalue weighted by molar-refractivity contribution is 0.203. The summed E-state index contributed by atoms with van der Waals surface area (Å²) in [5.74, 6) is 1.50. The molecule has 2 N–H and O–H groups in total. The molecule has 1 aromatic rings. The Morgan fingerprint density at radius 3 is 2.72 bits per heavy atom. The van der Waals surface area contributed by atoms with Crippen molar-refractivity contribution in [2.24, 2.45) is 4.99 Å². The fourth-order valence-corrected chi connectivity index (χ4v) is 1.26. The highest BCUT2D eigenvalue weighted by Gasteiger charge is 1.96. The van der Waals surface area contributed by atoms with E-state index in [9.17, 15) is 0 Å². The molecule has 1 heterocycles. The quantitative estimate of drug-likeness (QED) is 0.414. The van der Waals surface area contributed by atoms with E-state index >= 15 is 0 Å². The van der Waals surface area contributed by atoms with Gasteiger partial charge in [-0.2, -0.15) is 0 Å². The zero-order valence-electron chi connectivity index (χ0n) is 10.8. The van der Waals surface area contributed by atoms with Crippen LogP contribution in [0, 0.1) is 0 Å². The van der Waals surface area contributed by atoms with Crippen LogP contribution in [0.25, 0.3) is 0 Å². The number of rotatable bonds is 7. The van der Waals surface area contributed by atoms with Gasteiger partial charge in [0.25, 0.3) is 0 Å². The van der Waals surface area contributed by atoms with Gasteiger partial charge >= 0.3 is 0 Å². The molecule has 0 spiro atoms. The number of nitrogens with one attached hydrogen (secondary N) is 2. The van der Waals surface area contributed by atoms with Gasteiger partial charge in [0.1, 0.15) is 12.4 Å². The van der Waals surface area contributed by atoms with Gasteiger partial charge in [0.2, 0.25) is 0 Å². The van der Waals surface area contributed by atoms with E-state index in [1.165, 1.54) is 0 Å². The molecule has 100 valence electrons. The van der Waals surface area contributed by atoms with Crippen LogP contribution in [-0.2, 0) is 4.74 Å². The number of pyridine rings is 1. The second-order valence-electron chi connectivity index (χ2n) is 3.46. The first kappa shape index (κ1) is 14.2. The van der Waals surface area contributed by atoms with Gasteiger partial charge in [-0.3, -0.25) is 9.98 Å². The third kappa shape index (κ3) is 6.05. The van der Waals surface area contributed by atoms with Crippen molar-refractivity contribution in [2.45, 2.75) is 0 Å². The maximum absolute atomic E-state index is 5.49. The van der Waals surface area contributed by atoms with E-state index < -0.39 is 0 Å². The fraction of sp³-hybridized carbons (Fsp3) is 0.500. The molecule has 6 nitrogen and oxygen atoms in total. The Kier molecular flexibility index (Phi) is 7.31. The highest BCUT2D eigenvalue weighted by atomic mass is 16.5. The Hall–Kier alpha value is -1.82. The Labute approximate surface area is 107 Å². The maximum atomic E-state index is 5.49. The van der Waals surface area contributed by atoms with E-state index in [0.717, 1.165) is 18.3 Å². The van der Waals surface area contributed by atoms with Crippen molar-refractivity contribution in [1.82, 2.24) is 15.6 Å². The number of aromatic nitrogens is 1. The largest absolute Gasteiger partial charge is 0.490 e. The van der Waals surface area contributed by atoms with Crippen LogP contribution in [0.1, 0.15) is 0 Å². The van der Waals surface area contributed by atoms with Crippen molar-refractivity contribution < 1.29 is 9.47 Å². The molecule has 0 aliphatic heterocycles. The first-order chi connectivity index (χ1) is 8.86. The Morgan fingerprint density at radius 2 is 2.11 bits per heavy atom. The maximum Gasteiger partial charge on any atom is 0.191 e.